The van der Waals surface area contributed by atoms with Gasteiger partial charge in [0.15, 0.2) is 0 Å². The fourth-order valence-corrected chi connectivity index (χ4v) is 2.96. The first-order valence-electron chi connectivity index (χ1n) is 5.25. The topological polar surface area (TPSA) is 54.9 Å². The Morgan fingerprint density at radius 1 is 1.32 bits per heavy atom. The molecular formula is C11H8BrCl2N3OS. The molecule has 2 aromatic rings. The van der Waals surface area contributed by atoms with Crippen LogP contribution in [0.1, 0.15) is 15.4 Å². The van der Waals surface area contributed by atoms with Crippen molar-refractivity contribution in [3.05, 3.63) is 38.8 Å². The lowest BCUT2D eigenvalue weighted by Crippen LogP contribution is -2.11. The van der Waals surface area contributed by atoms with Crippen LogP contribution in [0.5, 0.6) is 0 Å². The summed E-state index contributed by atoms with van der Waals surface area (Å²) in [7, 11) is 0. The fraction of sp³-hybridized carbons (Fsp3) is 0.182. The number of aromatic nitrogens is 2. The Morgan fingerprint density at radius 3 is 2.79 bits per heavy atom. The molecule has 0 fully saturated rings. The predicted octanol–water partition coefficient (Wildman–Crippen LogP) is 4.03. The molecule has 0 unspecified atom stereocenters. The van der Waals surface area contributed by atoms with Crippen molar-refractivity contribution >= 4 is 61.5 Å². The van der Waals surface area contributed by atoms with E-state index < -0.39 is 0 Å². The Bertz CT molecular complexity index is 605. The van der Waals surface area contributed by atoms with Crippen molar-refractivity contribution in [2.45, 2.75) is 6.42 Å². The van der Waals surface area contributed by atoms with Gasteiger partial charge in [0.05, 0.1) is 10.0 Å². The van der Waals surface area contributed by atoms with Crippen molar-refractivity contribution in [2.75, 3.05) is 10.6 Å². The van der Waals surface area contributed by atoms with Crippen LogP contribution in [0.4, 0.5) is 5.13 Å². The standard InChI is InChI=1S/C11H8BrCl2N3OS/c12-4-3-9-16-17-11(19-9)15-10(18)6-1-2-7(13)8(14)5-6/h1-2,5H,3-4H2,(H,15,17,18). The maximum absolute atomic E-state index is 12.0. The van der Waals surface area contributed by atoms with Gasteiger partial charge in [-0.25, -0.2) is 0 Å². The van der Waals surface area contributed by atoms with Gasteiger partial charge in [-0.15, -0.1) is 10.2 Å². The maximum atomic E-state index is 12.0. The van der Waals surface area contributed by atoms with Crippen molar-refractivity contribution in [3.63, 3.8) is 0 Å². The molecule has 0 bridgehead atoms. The molecule has 1 aromatic carbocycles. The van der Waals surface area contributed by atoms with Gasteiger partial charge in [-0.2, -0.15) is 0 Å². The van der Waals surface area contributed by atoms with E-state index in [1.165, 1.54) is 17.4 Å². The van der Waals surface area contributed by atoms with Gasteiger partial charge in [-0.3, -0.25) is 10.1 Å². The second kappa shape index (κ2) is 6.65. The number of benzene rings is 1. The molecule has 0 aliphatic rings. The Balaban J connectivity index is 2.09. The van der Waals surface area contributed by atoms with E-state index in [0.717, 1.165) is 16.8 Å². The number of nitrogens with zero attached hydrogens (tertiary/aromatic N) is 2. The molecule has 2 rings (SSSR count). The summed E-state index contributed by atoms with van der Waals surface area (Å²) in [5.41, 5.74) is 0.423. The Hall–Kier alpha value is -0.690. The minimum absolute atomic E-state index is 0.292. The summed E-state index contributed by atoms with van der Waals surface area (Å²) in [4.78, 5) is 12.0. The van der Waals surface area contributed by atoms with E-state index in [1.807, 2.05) is 0 Å². The number of hydrogen-bond donors (Lipinski definition) is 1. The number of halogens is 3. The minimum Gasteiger partial charge on any atom is -0.296 e. The number of rotatable bonds is 4. The van der Waals surface area contributed by atoms with E-state index in [9.17, 15) is 4.79 Å². The van der Waals surface area contributed by atoms with Gasteiger partial charge in [0.25, 0.3) is 5.91 Å². The number of alkyl halides is 1. The normalized spacial score (nSPS) is 10.5. The zero-order chi connectivity index (χ0) is 13.8. The van der Waals surface area contributed by atoms with Crippen LogP contribution in [0, 0.1) is 0 Å². The first kappa shape index (κ1) is 14.7. The molecule has 19 heavy (non-hydrogen) atoms. The van der Waals surface area contributed by atoms with Gasteiger partial charge >= 0.3 is 0 Å². The van der Waals surface area contributed by atoms with Crippen LogP contribution < -0.4 is 5.32 Å². The number of hydrogen-bond acceptors (Lipinski definition) is 4. The van der Waals surface area contributed by atoms with Gasteiger partial charge in [0, 0.05) is 17.3 Å². The summed E-state index contributed by atoms with van der Waals surface area (Å²) in [6.45, 7) is 0. The van der Waals surface area contributed by atoms with Crippen LogP contribution in [0.25, 0.3) is 0 Å². The quantitative estimate of drug-likeness (QED) is 0.814. The van der Waals surface area contributed by atoms with Gasteiger partial charge in [0.2, 0.25) is 5.13 Å². The monoisotopic (exact) mass is 379 g/mol. The summed E-state index contributed by atoms with van der Waals surface area (Å²) in [6, 6.07) is 4.69. The highest BCUT2D eigenvalue weighted by Gasteiger charge is 2.11. The lowest BCUT2D eigenvalue weighted by Gasteiger charge is -2.02. The van der Waals surface area contributed by atoms with Gasteiger partial charge < -0.3 is 0 Å². The summed E-state index contributed by atoms with van der Waals surface area (Å²) in [5.74, 6) is -0.292. The van der Waals surface area contributed by atoms with E-state index >= 15 is 0 Å². The fourth-order valence-electron chi connectivity index (χ4n) is 1.29. The first-order chi connectivity index (χ1) is 9.10. The highest BCUT2D eigenvalue weighted by molar-refractivity contribution is 9.09. The van der Waals surface area contributed by atoms with Crippen molar-refractivity contribution in [1.82, 2.24) is 10.2 Å². The third-order valence-electron chi connectivity index (χ3n) is 2.18. The Morgan fingerprint density at radius 2 is 2.11 bits per heavy atom. The zero-order valence-electron chi connectivity index (χ0n) is 9.49. The van der Waals surface area contributed by atoms with Crippen molar-refractivity contribution in [3.8, 4) is 0 Å². The number of nitrogens with one attached hydrogen (secondary N) is 1. The van der Waals surface area contributed by atoms with Crippen LogP contribution in [0.3, 0.4) is 0 Å². The Labute approximate surface area is 132 Å². The second-order valence-corrected chi connectivity index (χ2v) is 6.19. The third kappa shape index (κ3) is 3.89. The number of carbonyl (C=O) groups excluding carboxylic acids is 1. The zero-order valence-corrected chi connectivity index (χ0v) is 13.4. The summed E-state index contributed by atoms with van der Waals surface area (Å²) in [6.07, 6.45) is 0.778. The molecule has 0 atom stereocenters. The summed E-state index contributed by atoms with van der Waals surface area (Å²) >= 11 is 16.3. The minimum atomic E-state index is -0.292. The largest absolute Gasteiger partial charge is 0.296 e. The van der Waals surface area contributed by atoms with Crippen LogP contribution in [-0.4, -0.2) is 21.4 Å². The SMILES string of the molecule is O=C(Nc1nnc(CCBr)s1)c1ccc(Cl)c(Cl)c1. The molecule has 0 spiro atoms. The van der Waals surface area contributed by atoms with Crippen LogP contribution in [-0.2, 0) is 6.42 Å². The van der Waals surface area contributed by atoms with Gasteiger partial charge in [0.1, 0.15) is 5.01 Å². The average molecular weight is 381 g/mol. The molecule has 1 amide bonds. The maximum Gasteiger partial charge on any atom is 0.257 e. The lowest BCUT2D eigenvalue weighted by molar-refractivity contribution is 0.102. The molecule has 0 saturated heterocycles. The molecule has 8 heteroatoms. The molecule has 1 aromatic heterocycles. The third-order valence-corrected chi connectivity index (χ3v) is 4.21. The van der Waals surface area contributed by atoms with E-state index in [2.05, 4.69) is 31.4 Å². The smallest absolute Gasteiger partial charge is 0.257 e. The van der Waals surface area contributed by atoms with Crippen molar-refractivity contribution < 1.29 is 4.79 Å². The molecule has 1 N–H and O–H groups in total. The predicted molar refractivity (Wildman–Crippen MR) is 81.8 cm³/mol. The van der Waals surface area contributed by atoms with Crippen LogP contribution >= 0.6 is 50.5 Å². The molecule has 4 nitrogen and oxygen atoms in total. The van der Waals surface area contributed by atoms with E-state index in [0.29, 0.717) is 20.7 Å². The van der Waals surface area contributed by atoms with E-state index in [4.69, 9.17) is 23.2 Å². The summed E-state index contributed by atoms with van der Waals surface area (Å²) in [5, 5.41) is 13.4. The molecule has 1 heterocycles. The van der Waals surface area contributed by atoms with Gasteiger partial charge in [-0.1, -0.05) is 50.5 Å². The average Bonchev–Trinajstić information content (AvgIpc) is 2.80. The Kier molecular flexibility index (Phi) is 5.15. The number of carbonyl (C=O) groups is 1. The molecule has 0 saturated carbocycles. The second-order valence-electron chi connectivity index (χ2n) is 3.52. The number of aryl methyl sites for hydroxylation is 1. The number of amides is 1. The molecule has 0 radical (unpaired) electrons. The summed E-state index contributed by atoms with van der Waals surface area (Å²) < 4.78 is 0. The van der Waals surface area contributed by atoms with Crippen molar-refractivity contribution in [1.29, 1.82) is 0 Å². The van der Waals surface area contributed by atoms with Crippen LogP contribution in [0.15, 0.2) is 18.2 Å². The molecule has 0 aliphatic heterocycles. The highest BCUT2D eigenvalue weighted by Crippen LogP contribution is 2.23. The van der Waals surface area contributed by atoms with E-state index in [-0.39, 0.29) is 5.91 Å². The molecule has 0 aliphatic carbocycles. The van der Waals surface area contributed by atoms with Crippen molar-refractivity contribution in [2.24, 2.45) is 0 Å². The van der Waals surface area contributed by atoms with E-state index in [1.54, 1.807) is 12.1 Å². The lowest BCUT2D eigenvalue weighted by atomic mass is 10.2. The molecule has 100 valence electrons. The highest BCUT2D eigenvalue weighted by atomic mass is 79.9. The number of anilines is 1. The first-order valence-corrected chi connectivity index (χ1v) is 7.94. The van der Waals surface area contributed by atoms with Gasteiger partial charge in [-0.05, 0) is 18.2 Å². The molecular weight excluding hydrogens is 373 g/mol. The van der Waals surface area contributed by atoms with Crippen LogP contribution in [0.2, 0.25) is 10.0 Å².